The van der Waals surface area contributed by atoms with Crippen LogP contribution in [0.15, 0.2) is 46.3 Å². The molecular formula is C12H9BrN4O4. The van der Waals surface area contributed by atoms with Crippen LogP contribution in [0.3, 0.4) is 0 Å². The first-order valence-corrected chi connectivity index (χ1v) is 6.35. The molecule has 0 aliphatic rings. The normalized spacial score (nSPS) is 11.2. The van der Waals surface area contributed by atoms with Crippen molar-refractivity contribution in [2.45, 2.75) is 0 Å². The molecule has 8 nitrogen and oxygen atoms in total. The molecule has 2 aromatic rings. The van der Waals surface area contributed by atoms with Crippen molar-refractivity contribution in [3.63, 3.8) is 0 Å². The summed E-state index contributed by atoms with van der Waals surface area (Å²) in [6.45, 7) is 0. The number of halogens is 1. The number of rotatable bonds is 4. The minimum absolute atomic E-state index is 0.0226. The van der Waals surface area contributed by atoms with Crippen molar-refractivity contribution in [2.24, 2.45) is 10.9 Å². The molecule has 1 aromatic heterocycles. The van der Waals surface area contributed by atoms with Gasteiger partial charge in [0.05, 0.1) is 11.1 Å². The molecule has 0 amide bonds. The van der Waals surface area contributed by atoms with Gasteiger partial charge in [-0.2, -0.15) is 0 Å². The van der Waals surface area contributed by atoms with E-state index in [1.165, 1.54) is 18.3 Å². The van der Waals surface area contributed by atoms with E-state index in [4.69, 9.17) is 15.7 Å². The molecule has 0 saturated carbocycles. The van der Waals surface area contributed by atoms with Gasteiger partial charge in [0.2, 0.25) is 5.75 Å². The molecule has 1 heterocycles. The van der Waals surface area contributed by atoms with Crippen LogP contribution < -0.4 is 10.5 Å². The van der Waals surface area contributed by atoms with E-state index in [2.05, 4.69) is 26.1 Å². The van der Waals surface area contributed by atoms with Crippen LogP contribution in [-0.4, -0.2) is 21.0 Å². The third-order valence-corrected chi connectivity index (χ3v) is 2.90. The Hall–Kier alpha value is -2.68. The van der Waals surface area contributed by atoms with Crippen LogP contribution in [0.1, 0.15) is 5.56 Å². The van der Waals surface area contributed by atoms with Gasteiger partial charge in [-0.1, -0.05) is 5.16 Å². The summed E-state index contributed by atoms with van der Waals surface area (Å²) in [5.74, 6) is 0.132. The zero-order valence-electron chi connectivity index (χ0n) is 10.4. The molecule has 21 heavy (non-hydrogen) atoms. The van der Waals surface area contributed by atoms with Gasteiger partial charge in [0, 0.05) is 22.3 Å². The number of amidine groups is 1. The third-order valence-electron chi connectivity index (χ3n) is 2.47. The minimum Gasteiger partial charge on any atom is -0.448 e. The first kappa shape index (κ1) is 14.7. The van der Waals surface area contributed by atoms with Crippen molar-refractivity contribution in [2.75, 3.05) is 0 Å². The summed E-state index contributed by atoms with van der Waals surface area (Å²) < 4.78 is 6.12. The highest BCUT2D eigenvalue weighted by Crippen LogP contribution is 2.32. The summed E-state index contributed by atoms with van der Waals surface area (Å²) in [4.78, 5) is 14.4. The van der Waals surface area contributed by atoms with Crippen molar-refractivity contribution < 1.29 is 14.9 Å². The molecule has 9 heteroatoms. The van der Waals surface area contributed by atoms with E-state index in [1.54, 1.807) is 12.3 Å². The average Bonchev–Trinajstić information content (AvgIpc) is 2.46. The Balaban J connectivity index is 2.41. The maximum absolute atomic E-state index is 11.1. The van der Waals surface area contributed by atoms with Crippen molar-refractivity contribution in [1.29, 1.82) is 0 Å². The van der Waals surface area contributed by atoms with Gasteiger partial charge in [-0.15, -0.1) is 0 Å². The van der Waals surface area contributed by atoms with E-state index in [-0.39, 0.29) is 22.8 Å². The SMILES string of the molecule is NC(=NO)c1ccc(Oc2cncc(Br)c2)c([N+](=O)[O-])c1. The summed E-state index contributed by atoms with van der Waals surface area (Å²) in [5, 5.41) is 22.5. The third kappa shape index (κ3) is 3.45. The number of ether oxygens (including phenoxy) is 1. The molecule has 0 radical (unpaired) electrons. The fraction of sp³-hybridized carbons (Fsp3) is 0. The number of aromatic nitrogens is 1. The first-order valence-electron chi connectivity index (χ1n) is 5.56. The Morgan fingerprint density at radius 2 is 2.19 bits per heavy atom. The molecule has 0 fully saturated rings. The fourth-order valence-electron chi connectivity index (χ4n) is 1.54. The highest BCUT2D eigenvalue weighted by Gasteiger charge is 2.18. The van der Waals surface area contributed by atoms with Gasteiger partial charge in [-0.25, -0.2) is 0 Å². The number of hydrogen-bond acceptors (Lipinski definition) is 6. The summed E-state index contributed by atoms with van der Waals surface area (Å²) >= 11 is 3.23. The Kier molecular flexibility index (Phi) is 4.33. The van der Waals surface area contributed by atoms with Gasteiger partial charge in [-0.3, -0.25) is 15.1 Å². The van der Waals surface area contributed by atoms with Crippen molar-refractivity contribution >= 4 is 27.5 Å². The van der Waals surface area contributed by atoms with Crippen LogP contribution in [0, 0.1) is 10.1 Å². The van der Waals surface area contributed by atoms with Crippen LogP contribution in [-0.2, 0) is 0 Å². The second-order valence-corrected chi connectivity index (χ2v) is 4.78. The molecule has 2 rings (SSSR count). The monoisotopic (exact) mass is 352 g/mol. The number of oxime groups is 1. The number of nitrogens with zero attached hydrogens (tertiary/aromatic N) is 3. The van der Waals surface area contributed by atoms with Gasteiger partial charge in [0.1, 0.15) is 5.75 Å². The summed E-state index contributed by atoms with van der Waals surface area (Å²) in [6.07, 6.45) is 2.98. The largest absolute Gasteiger partial charge is 0.448 e. The quantitative estimate of drug-likeness (QED) is 0.286. The lowest BCUT2D eigenvalue weighted by Gasteiger charge is -2.07. The lowest BCUT2D eigenvalue weighted by Crippen LogP contribution is -2.13. The van der Waals surface area contributed by atoms with E-state index >= 15 is 0 Å². The van der Waals surface area contributed by atoms with Crippen molar-refractivity contribution in [3.05, 3.63) is 56.8 Å². The van der Waals surface area contributed by atoms with Crippen LogP contribution in [0.25, 0.3) is 0 Å². The number of benzene rings is 1. The fourth-order valence-corrected chi connectivity index (χ4v) is 1.88. The minimum atomic E-state index is -0.616. The van der Waals surface area contributed by atoms with E-state index in [0.29, 0.717) is 10.2 Å². The molecule has 0 saturated heterocycles. The molecule has 1 aromatic carbocycles. The number of nitro groups is 1. The van der Waals surface area contributed by atoms with Gasteiger partial charge in [-0.05, 0) is 34.1 Å². The number of hydrogen-bond donors (Lipinski definition) is 2. The molecule has 3 N–H and O–H groups in total. The highest BCUT2D eigenvalue weighted by molar-refractivity contribution is 9.10. The Labute approximate surface area is 127 Å². The first-order chi connectivity index (χ1) is 10.0. The summed E-state index contributed by atoms with van der Waals surface area (Å²) in [7, 11) is 0. The maximum Gasteiger partial charge on any atom is 0.312 e. The molecule has 0 aliphatic carbocycles. The zero-order chi connectivity index (χ0) is 15.4. The molecule has 108 valence electrons. The smallest absolute Gasteiger partial charge is 0.312 e. The standard InChI is InChI=1S/C12H9BrN4O4/c13-8-4-9(6-15-5-8)21-11-2-1-7(12(14)16-18)3-10(11)17(19)20/h1-6,18H,(H2,14,16). The number of pyridine rings is 1. The van der Waals surface area contributed by atoms with Gasteiger partial charge in [0.15, 0.2) is 5.84 Å². The Morgan fingerprint density at radius 1 is 1.43 bits per heavy atom. The molecular weight excluding hydrogens is 344 g/mol. The maximum atomic E-state index is 11.1. The summed E-state index contributed by atoms with van der Waals surface area (Å²) in [6, 6.07) is 5.60. The van der Waals surface area contributed by atoms with Crippen LogP contribution in [0.2, 0.25) is 0 Å². The predicted octanol–water partition coefficient (Wildman–Crippen LogP) is 2.64. The van der Waals surface area contributed by atoms with E-state index in [9.17, 15) is 10.1 Å². The van der Waals surface area contributed by atoms with E-state index in [1.807, 2.05) is 0 Å². The molecule has 0 unspecified atom stereocenters. The van der Waals surface area contributed by atoms with Gasteiger partial charge in [0.25, 0.3) is 0 Å². The molecule has 0 aliphatic heterocycles. The van der Waals surface area contributed by atoms with Crippen LogP contribution >= 0.6 is 15.9 Å². The van der Waals surface area contributed by atoms with Gasteiger partial charge < -0.3 is 15.7 Å². The van der Waals surface area contributed by atoms with Gasteiger partial charge >= 0.3 is 5.69 Å². The predicted molar refractivity (Wildman–Crippen MR) is 77.6 cm³/mol. The Bertz CT molecular complexity index is 720. The van der Waals surface area contributed by atoms with E-state index < -0.39 is 4.92 Å². The molecule has 0 spiro atoms. The topological polar surface area (TPSA) is 124 Å². The van der Waals surface area contributed by atoms with E-state index in [0.717, 1.165) is 6.07 Å². The van der Waals surface area contributed by atoms with Crippen LogP contribution in [0.5, 0.6) is 11.5 Å². The Morgan fingerprint density at radius 3 is 2.81 bits per heavy atom. The highest BCUT2D eigenvalue weighted by atomic mass is 79.9. The number of nitro benzene ring substituents is 1. The second-order valence-electron chi connectivity index (χ2n) is 3.87. The number of nitrogens with two attached hydrogens (primary N) is 1. The second kappa shape index (κ2) is 6.18. The lowest BCUT2D eigenvalue weighted by atomic mass is 10.1. The lowest BCUT2D eigenvalue weighted by molar-refractivity contribution is -0.385. The van der Waals surface area contributed by atoms with Crippen LogP contribution in [0.4, 0.5) is 5.69 Å². The zero-order valence-corrected chi connectivity index (χ0v) is 12.0. The van der Waals surface area contributed by atoms with Crippen molar-refractivity contribution in [1.82, 2.24) is 4.98 Å². The molecule has 0 atom stereocenters. The summed E-state index contributed by atoms with van der Waals surface area (Å²) in [5.41, 5.74) is 5.31. The average molecular weight is 353 g/mol. The van der Waals surface area contributed by atoms with Crippen molar-refractivity contribution in [3.8, 4) is 11.5 Å². The molecule has 0 bridgehead atoms.